The summed E-state index contributed by atoms with van der Waals surface area (Å²) in [6.45, 7) is 3.59. The van der Waals surface area contributed by atoms with Gasteiger partial charge in [0, 0.05) is 5.69 Å². The van der Waals surface area contributed by atoms with E-state index in [-0.39, 0.29) is 5.56 Å². The van der Waals surface area contributed by atoms with Crippen LogP contribution in [0.25, 0.3) is 0 Å². The molecule has 1 aliphatic heterocycles. The second-order valence-corrected chi connectivity index (χ2v) is 7.82. The molecule has 0 saturated carbocycles. The van der Waals surface area contributed by atoms with E-state index < -0.39 is 30.3 Å². The van der Waals surface area contributed by atoms with Gasteiger partial charge in [-0.1, -0.05) is 44.2 Å². The summed E-state index contributed by atoms with van der Waals surface area (Å²) >= 11 is 0. The zero-order chi connectivity index (χ0) is 24.2. The first-order valence-electron chi connectivity index (χ1n) is 11.1. The van der Waals surface area contributed by atoms with Crippen molar-refractivity contribution in [1.82, 2.24) is 0 Å². The molecule has 3 aromatic rings. The molecule has 0 aliphatic carbocycles. The molecular weight excluding hydrogens is 432 g/mol. The van der Waals surface area contributed by atoms with E-state index in [9.17, 15) is 19.2 Å². The van der Waals surface area contributed by atoms with E-state index in [0.29, 0.717) is 16.8 Å². The second-order valence-electron chi connectivity index (χ2n) is 7.82. The Bertz CT molecular complexity index is 1220. The van der Waals surface area contributed by atoms with Crippen LogP contribution >= 0.6 is 0 Å². The van der Waals surface area contributed by atoms with E-state index >= 15 is 0 Å². The van der Waals surface area contributed by atoms with Gasteiger partial charge in [-0.3, -0.25) is 14.4 Å². The van der Waals surface area contributed by atoms with E-state index in [0.717, 1.165) is 34.6 Å². The summed E-state index contributed by atoms with van der Waals surface area (Å²) < 4.78 is 5.17. The van der Waals surface area contributed by atoms with E-state index in [1.807, 2.05) is 32.0 Å². The normalized spacial score (nSPS) is 12.5. The van der Waals surface area contributed by atoms with Crippen molar-refractivity contribution in [2.45, 2.75) is 26.7 Å². The minimum atomic E-state index is -0.677. The third kappa shape index (κ3) is 4.32. The average Bonchev–Trinajstić information content (AvgIpc) is 3.12. The summed E-state index contributed by atoms with van der Waals surface area (Å²) in [6, 6.07) is 18.4. The van der Waals surface area contributed by atoms with Crippen LogP contribution in [0.2, 0.25) is 0 Å². The van der Waals surface area contributed by atoms with Crippen molar-refractivity contribution in [1.29, 1.82) is 0 Å². The van der Waals surface area contributed by atoms with Crippen molar-refractivity contribution in [2.75, 3.05) is 16.8 Å². The minimum Gasteiger partial charge on any atom is -0.452 e. The third-order valence-electron chi connectivity index (χ3n) is 5.75. The highest BCUT2D eigenvalue weighted by Crippen LogP contribution is 2.28. The summed E-state index contributed by atoms with van der Waals surface area (Å²) in [4.78, 5) is 51.2. The van der Waals surface area contributed by atoms with Crippen molar-refractivity contribution >= 4 is 35.1 Å². The number of carbonyl (C=O) groups is 4. The van der Waals surface area contributed by atoms with Gasteiger partial charge in [0.15, 0.2) is 6.61 Å². The van der Waals surface area contributed by atoms with E-state index in [1.54, 1.807) is 24.3 Å². The number of esters is 1. The first-order chi connectivity index (χ1) is 16.4. The highest BCUT2D eigenvalue weighted by molar-refractivity contribution is 6.34. The van der Waals surface area contributed by atoms with Crippen molar-refractivity contribution in [3.63, 3.8) is 0 Å². The molecule has 7 heteroatoms. The predicted molar refractivity (Wildman–Crippen MR) is 128 cm³/mol. The number of carbonyl (C=O) groups excluding carboxylic acids is 4. The first kappa shape index (κ1) is 22.9. The van der Waals surface area contributed by atoms with Crippen LogP contribution in [-0.4, -0.2) is 30.3 Å². The first-order valence-corrected chi connectivity index (χ1v) is 11.1. The number of hydrogen-bond acceptors (Lipinski definition) is 5. The SMILES string of the molecule is CCc1cccc(CC)c1NC(=O)COC(=O)c1ccc(N2C(=O)c3ccccc3C2=O)cc1. The lowest BCUT2D eigenvalue weighted by atomic mass is 10.0. The van der Waals surface area contributed by atoms with Gasteiger partial charge in [0.2, 0.25) is 0 Å². The molecule has 0 unspecified atom stereocenters. The zero-order valence-corrected chi connectivity index (χ0v) is 19.0. The molecule has 7 nitrogen and oxygen atoms in total. The number of para-hydroxylation sites is 1. The molecule has 0 fully saturated rings. The van der Waals surface area contributed by atoms with Crippen LogP contribution in [0.15, 0.2) is 66.7 Å². The smallest absolute Gasteiger partial charge is 0.338 e. The summed E-state index contributed by atoms with van der Waals surface area (Å²) in [5, 5.41) is 2.85. The van der Waals surface area contributed by atoms with E-state index in [1.165, 1.54) is 24.3 Å². The standard InChI is InChI=1S/C27H24N2O5/c1-3-17-8-7-9-18(4-2)24(17)28-23(30)16-34-27(33)19-12-14-20(15-13-19)29-25(31)21-10-5-6-11-22(21)26(29)32/h5-15H,3-4,16H2,1-2H3,(H,28,30). The predicted octanol–water partition coefficient (Wildman–Crippen LogP) is 4.41. The Hall–Kier alpha value is -4.26. The number of imide groups is 1. The lowest BCUT2D eigenvalue weighted by Crippen LogP contribution is -2.29. The van der Waals surface area contributed by atoms with Crippen LogP contribution in [0.5, 0.6) is 0 Å². The number of amides is 3. The molecule has 0 aromatic heterocycles. The molecule has 0 atom stereocenters. The van der Waals surface area contributed by atoms with Crippen LogP contribution < -0.4 is 10.2 Å². The molecule has 172 valence electrons. The monoisotopic (exact) mass is 456 g/mol. The lowest BCUT2D eigenvalue weighted by Gasteiger charge is -2.15. The fourth-order valence-corrected chi connectivity index (χ4v) is 3.96. The maximum Gasteiger partial charge on any atom is 0.338 e. The second kappa shape index (κ2) is 9.70. The highest BCUT2D eigenvalue weighted by atomic mass is 16.5. The van der Waals surface area contributed by atoms with Crippen LogP contribution in [0.4, 0.5) is 11.4 Å². The van der Waals surface area contributed by atoms with E-state index in [2.05, 4.69) is 5.32 Å². The van der Waals surface area contributed by atoms with Gasteiger partial charge in [0.25, 0.3) is 17.7 Å². The molecule has 0 saturated heterocycles. The number of nitrogens with zero attached hydrogens (tertiary/aromatic N) is 1. The summed E-state index contributed by atoms with van der Waals surface area (Å²) in [7, 11) is 0. The fourth-order valence-electron chi connectivity index (χ4n) is 3.96. The Kier molecular flexibility index (Phi) is 6.54. The fraction of sp³-hybridized carbons (Fsp3) is 0.185. The summed E-state index contributed by atoms with van der Waals surface area (Å²) in [5.74, 6) is -1.92. The Morgan fingerprint density at radius 1 is 0.794 bits per heavy atom. The molecule has 4 rings (SSSR count). The van der Waals surface area contributed by atoms with Gasteiger partial charge in [-0.2, -0.15) is 0 Å². The van der Waals surface area contributed by atoms with Crippen molar-refractivity contribution < 1.29 is 23.9 Å². The molecule has 1 heterocycles. The number of fused-ring (bicyclic) bond motifs is 1. The Balaban J connectivity index is 1.39. The van der Waals surface area contributed by atoms with Gasteiger partial charge in [-0.25, -0.2) is 9.69 Å². The third-order valence-corrected chi connectivity index (χ3v) is 5.75. The van der Waals surface area contributed by atoms with Gasteiger partial charge in [-0.15, -0.1) is 0 Å². The molecule has 3 amide bonds. The largest absolute Gasteiger partial charge is 0.452 e. The topological polar surface area (TPSA) is 92.8 Å². The molecule has 34 heavy (non-hydrogen) atoms. The highest BCUT2D eigenvalue weighted by Gasteiger charge is 2.36. The van der Waals surface area contributed by atoms with Gasteiger partial charge < -0.3 is 10.1 Å². The molecule has 1 aliphatic rings. The molecular formula is C27H24N2O5. The van der Waals surface area contributed by atoms with Crippen LogP contribution in [0, 0.1) is 0 Å². The van der Waals surface area contributed by atoms with Gasteiger partial charge >= 0.3 is 5.97 Å². The number of hydrogen-bond donors (Lipinski definition) is 1. The lowest BCUT2D eigenvalue weighted by molar-refractivity contribution is -0.119. The average molecular weight is 456 g/mol. The maximum atomic E-state index is 12.6. The Morgan fingerprint density at radius 2 is 1.35 bits per heavy atom. The van der Waals surface area contributed by atoms with Crippen LogP contribution in [0.3, 0.4) is 0 Å². The van der Waals surface area contributed by atoms with Crippen molar-refractivity contribution in [3.05, 3.63) is 94.5 Å². The Labute approximate surface area is 197 Å². The van der Waals surface area contributed by atoms with Crippen LogP contribution in [-0.2, 0) is 22.4 Å². The van der Waals surface area contributed by atoms with Gasteiger partial charge in [-0.05, 0) is 60.4 Å². The molecule has 3 aromatic carbocycles. The zero-order valence-electron chi connectivity index (χ0n) is 19.0. The number of benzene rings is 3. The minimum absolute atomic E-state index is 0.205. The number of aryl methyl sites for hydroxylation is 2. The quantitative estimate of drug-likeness (QED) is 0.420. The number of rotatable bonds is 7. The molecule has 0 bridgehead atoms. The maximum absolute atomic E-state index is 12.6. The van der Waals surface area contributed by atoms with Gasteiger partial charge in [0.05, 0.1) is 22.4 Å². The number of nitrogens with one attached hydrogen (secondary N) is 1. The number of ether oxygens (including phenoxy) is 1. The van der Waals surface area contributed by atoms with Crippen LogP contribution in [0.1, 0.15) is 56.0 Å². The van der Waals surface area contributed by atoms with E-state index in [4.69, 9.17) is 4.74 Å². The van der Waals surface area contributed by atoms with Crippen molar-refractivity contribution in [2.24, 2.45) is 0 Å². The molecule has 0 radical (unpaired) electrons. The Morgan fingerprint density at radius 3 is 1.88 bits per heavy atom. The number of anilines is 2. The van der Waals surface area contributed by atoms with Gasteiger partial charge in [0.1, 0.15) is 0 Å². The molecule has 1 N–H and O–H groups in total. The summed E-state index contributed by atoms with van der Waals surface area (Å²) in [5.41, 5.74) is 4.04. The van der Waals surface area contributed by atoms with Crippen molar-refractivity contribution in [3.8, 4) is 0 Å². The summed E-state index contributed by atoms with van der Waals surface area (Å²) in [6.07, 6.45) is 1.53. The molecule has 0 spiro atoms.